The number of urea groups is 1. The van der Waals surface area contributed by atoms with E-state index in [0.29, 0.717) is 31.0 Å². The smallest absolute Gasteiger partial charge is 0.323 e. The van der Waals surface area contributed by atoms with Gasteiger partial charge in [0.25, 0.3) is 0 Å². The molecule has 0 radical (unpaired) electrons. The molecular weight excluding hydrogens is 358 g/mol. The molecule has 1 N–H and O–H groups in total. The number of nitrogens with zero attached hydrogens (tertiary/aromatic N) is 3. The summed E-state index contributed by atoms with van der Waals surface area (Å²) in [7, 11) is 3.39. The molecule has 1 saturated heterocycles. The van der Waals surface area contributed by atoms with Crippen LogP contribution in [0.25, 0.3) is 0 Å². The van der Waals surface area contributed by atoms with E-state index in [1.165, 1.54) is 9.80 Å². The predicted molar refractivity (Wildman–Crippen MR) is 97.9 cm³/mol. The third-order valence-electron chi connectivity index (χ3n) is 4.42. The first-order valence-electron chi connectivity index (χ1n) is 8.49. The van der Waals surface area contributed by atoms with E-state index in [-0.39, 0.29) is 30.9 Å². The lowest BCUT2D eigenvalue weighted by Crippen LogP contribution is -2.47. The summed E-state index contributed by atoms with van der Waals surface area (Å²) in [6.45, 7) is 0.863. The largest absolute Gasteiger partial charge is 0.480 e. The lowest BCUT2D eigenvalue weighted by atomic mass is 9.95. The summed E-state index contributed by atoms with van der Waals surface area (Å²) in [6, 6.07) is 6.92. The van der Waals surface area contributed by atoms with Crippen LogP contribution in [0, 0.1) is 5.92 Å². The van der Waals surface area contributed by atoms with Gasteiger partial charge in [-0.25, -0.2) is 4.79 Å². The Labute approximate surface area is 158 Å². The topological polar surface area (TPSA) is 81.2 Å². The molecule has 1 heterocycles. The van der Waals surface area contributed by atoms with Crippen molar-refractivity contribution >= 4 is 29.5 Å². The minimum absolute atomic E-state index is 0.0699. The minimum atomic E-state index is -1.05. The van der Waals surface area contributed by atoms with Gasteiger partial charge >= 0.3 is 12.0 Å². The molecule has 3 amide bonds. The summed E-state index contributed by atoms with van der Waals surface area (Å²) in [4.78, 5) is 40.6. The summed E-state index contributed by atoms with van der Waals surface area (Å²) >= 11 is 5.87. The molecule has 26 heavy (non-hydrogen) atoms. The van der Waals surface area contributed by atoms with E-state index in [2.05, 4.69) is 0 Å². The van der Waals surface area contributed by atoms with E-state index < -0.39 is 5.97 Å². The van der Waals surface area contributed by atoms with Crippen LogP contribution in [0.5, 0.6) is 0 Å². The third kappa shape index (κ3) is 5.36. The highest BCUT2D eigenvalue weighted by Gasteiger charge is 2.31. The first-order valence-corrected chi connectivity index (χ1v) is 8.87. The van der Waals surface area contributed by atoms with Gasteiger partial charge in [0, 0.05) is 44.7 Å². The van der Waals surface area contributed by atoms with Crippen molar-refractivity contribution in [3.63, 3.8) is 0 Å². The van der Waals surface area contributed by atoms with Crippen molar-refractivity contribution < 1.29 is 19.5 Å². The summed E-state index contributed by atoms with van der Waals surface area (Å²) in [5.41, 5.74) is 0.823. The van der Waals surface area contributed by atoms with Crippen LogP contribution in [0.3, 0.4) is 0 Å². The highest BCUT2D eigenvalue weighted by molar-refractivity contribution is 6.30. The van der Waals surface area contributed by atoms with Gasteiger partial charge in [-0.2, -0.15) is 0 Å². The number of benzene rings is 1. The molecule has 0 aliphatic carbocycles. The number of carbonyl (C=O) groups is 3. The van der Waals surface area contributed by atoms with Crippen molar-refractivity contribution in [1.29, 1.82) is 0 Å². The molecule has 142 valence electrons. The number of likely N-dealkylation sites (tertiary alicyclic amines) is 1. The Morgan fingerprint density at radius 3 is 2.23 bits per heavy atom. The van der Waals surface area contributed by atoms with E-state index >= 15 is 0 Å². The molecule has 0 unspecified atom stereocenters. The number of rotatable bonds is 5. The lowest BCUT2D eigenvalue weighted by Gasteiger charge is -2.35. The Balaban J connectivity index is 2.01. The Bertz CT molecular complexity index is 655. The van der Waals surface area contributed by atoms with E-state index in [9.17, 15) is 14.4 Å². The Kier molecular flexibility index (Phi) is 6.85. The molecule has 0 saturated carbocycles. The minimum Gasteiger partial charge on any atom is -0.480 e. The quantitative estimate of drug-likeness (QED) is 0.847. The lowest BCUT2D eigenvalue weighted by molar-refractivity contribution is -0.147. The number of hydrogen-bond donors (Lipinski definition) is 1. The van der Waals surface area contributed by atoms with Gasteiger partial charge in [0.2, 0.25) is 5.91 Å². The number of amides is 3. The van der Waals surface area contributed by atoms with Gasteiger partial charge in [-0.3, -0.25) is 9.59 Å². The monoisotopic (exact) mass is 381 g/mol. The average Bonchev–Trinajstić information content (AvgIpc) is 2.61. The Morgan fingerprint density at radius 2 is 1.73 bits per heavy atom. The van der Waals surface area contributed by atoms with Gasteiger partial charge in [0.1, 0.15) is 6.54 Å². The van der Waals surface area contributed by atoms with Crippen molar-refractivity contribution in [1.82, 2.24) is 14.7 Å². The highest BCUT2D eigenvalue weighted by atomic mass is 35.5. The average molecular weight is 382 g/mol. The maximum Gasteiger partial charge on any atom is 0.323 e. The van der Waals surface area contributed by atoms with Gasteiger partial charge in [-0.15, -0.1) is 0 Å². The molecule has 0 spiro atoms. The second-order valence-corrected chi connectivity index (χ2v) is 7.09. The standard InChI is InChI=1S/C18H24ClN3O4/c1-20(2)18(26)21-9-7-14(8-10-21)17(25)22(12-16(23)24)11-13-3-5-15(19)6-4-13/h3-6,14H,7-12H2,1-2H3,(H,23,24). The highest BCUT2D eigenvalue weighted by Crippen LogP contribution is 2.22. The zero-order chi connectivity index (χ0) is 19.3. The Hall–Kier alpha value is -2.28. The second kappa shape index (κ2) is 8.89. The van der Waals surface area contributed by atoms with Gasteiger partial charge < -0.3 is 19.8 Å². The number of hydrogen-bond acceptors (Lipinski definition) is 3. The van der Waals surface area contributed by atoms with E-state index in [0.717, 1.165) is 5.56 Å². The molecular formula is C18H24ClN3O4. The fraction of sp³-hybridized carbons (Fsp3) is 0.500. The fourth-order valence-electron chi connectivity index (χ4n) is 3.04. The summed E-state index contributed by atoms with van der Waals surface area (Å²) in [5, 5.41) is 9.74. The molecule has 0 atom stereocenters. The maximum atomic E-state index is 12.8. The second-order valence-electron chi connectivity index (χ2n) is 6.65. The summed E-state index contributed by atoms with van der Waals surface area (Å²) < 4.78 is 0. The number of carboxylic acid groups (broad SMARTS) is 1. The molecule has 0 aromatic heterocycles. The van der Waals surface area contributed by atoms with Gasteiger partial charge in [-0.1, -0.05) is 23.7 Å². The van der Waals surface area contributed by atoms with Gasteiger partial charge in [-0.05, 0) is 30.5 Å². The van der Waals surface area contributed by atoms with Gasteiger partial charge in [0.05, 0.1) is 0 Å². The molecule has 7 nitrogen and oxygen atoms in total. The third-order valence-corrected chi connectivity index (χ3v) is 4.67. The van der Waals surface area contributed by atoms with Crippen LogP contribution in [0.1, 0.15) is 18.4 Å². The Morgan fingerprint density at radius 1 is 1.15 bits per heavy atom. The van der Waals surface area contributed by atoms with Crippen molar-refractivity contribution in [2.75, 3.05) is 33.7 Å². The molecule has 2 rings (SSSR count). The normalized spacial score (nSPS) is 14.8. The zero-order valence-electron chi connectivity index (χ0n) is 15.0. The van der Waals surface area contributed by atoms with Crippen LogP contribution in [0.15, 0.2) is 24.3 Å². The van der Waals surface area contributed by atoms with Crippen LogP contribution in [-0.2, 0) is 16.1 Å². The van der Waals surface area contributed by atoms with Crippen molar-refractivity contribution in [3.8, 4) is 0 Å². The maximum absolute atomic E-state index is 12.8. The van der Waals surface area contributed by atoms with Crippen LogP contribution in [-0.4, -0.2) is 71.4 Å². The molecule has 1 aliphatic rings. The van der Waals surface area contributed by atoms with Crippen molar-refractivity contribution in [2.45, 2.75) is 19.4 Å². The molecule has 1 fully saturated rings. The summed E-state index contributed by atoms with van der Waals surface area (Å²) in [6.07, 6.45) is 1.07. The SMILES string of the molecule is CN(C)C(=O)N1CCC(C(=O)N(CC(=O)O)Cc2ccc(Cl)cc2)CC1. The molecule has 0 bridgehead atoms. The van der Waals surface area contributed by atoms with Gasteiger partial charge in [0.15, 0.2) is 0 Å². The zero-order valence-corrected chi connectivity index (χ0v) is 15.8. The van der Waals surface area contributed by atoms with Crippen LogP contribution in [0.4, 0.5) is 4.79 Å². The van der Waals surface area contributed by atoms with Crippen molar-refractivity contribution in [3.05, 3.63) is 34.9 Å². The first kappa shape index (κ1) is 20.0. The number of halogens is 1. The molecule has 1 aliphatic heterocycles. The predicted octanol–water partition coefficient (Wildman–Crippen LogP) is 2.15. The molecule has 1 aromatic rings. The van der Waals surface area contributed by atoms with E-state index in [4.69, 9.17) is 16.7 Å². The van der Waals surface area contributed by atoms with E-state index in [1.54, 1.807) is 43.3 Å². The molecule has 1 aromatic carbocycles. The number of aliphatic carboxylic acids is 1. The number of carbonyl (C=O) groups excluding carboxylic acids is 2. The molecule has 8 heteroatoms. The van der Waals surface area contributed by atoms with Crippen LogP contribution >= 0.6 is 11.6 Å². The van der Waals surface area contributed by atoms with Crippen molar-refractivity contribution in [2.24, 2.45) is 5.92 Å². The fourth-order valence-corrected chi connectivity index (χ4v) is 3.17. The van der Waals surface area contributed by atoms with Crippen LogP contribution in [0.2, 0.25) is 5.02 Å². The number of carboxylic acids is 1. The van der Waals surface area contributed by atoms with E-state index in [1.807, 2.05) is 0 Å². The van der Waals surface area contributed by atoms with Crippen LogP contribution < -0.4 is 0 Å². The first-order chi connectivity index (χ1) is 12.3. The summed E-state index contributed by atoms with van der Waals surface area (Å²) in [5.74, 6) is -1.50. The number of piperidine rings is 1.